The predicted molar refractivity (Wildman–Crippen MR) is 83.4 cm³/mol. The number of benzene rings is 1. The average molecular weight is 303 g/mol. The summed E-state index contributed by atoms with van der Waals surface area (Å²) in [6.07, 6.45) is 4.92. The molecule has 3 aliphatic heterocycles. The van der Waals surface area contributed by atoms with E-state index in [4.69, 9.17) is 9.47 Å². The fraction of sp³-hybridized carbons (Fsp3) is 0.667. The van der Waals surface area contributed by atoms with Crippen molar-refractivity contribution in [2.45, 2.75) is 56.1 Å². The van der Waals surface area contributed by atoms with Crippen LogP contribution in [0.4, 0.5) is 0 Å². The minimum absolute atomic E-state index is 0.214. The zero-order chi connectivity index (χ0) is 15.0. The van der Waals surface area contributed by atoms with Crippen LogP contribution in [0.15, 0.2) is 30.3 Å². The van der Waals surface area contributed by atoms with Crippen LogP contribution in [0.5, 0.6) is 0 Å². The maximum absolute atomic E-state index is 11.3. The van der Waals surface area contributed by atoms with Crippen molar-refractivity contribution in [1.29, 1.82) is 0 Å². The molecule has 120 valence electrons. The standard InChI is InChI=1S/C18H25NO3/c20-16(14-7-3-1-4-8-14)18(19-11-5-2-6-12-19)10-9-15-13-21-17(18)22-15/h1,3-4,7-8,15-17,20H,2,5-6,9-13H2/t15-,16?,17+,18+/m0/s1. The lowest BCUT2D eigenvalue weighted by molar-refractivity contribution is -0.222. The molecule has 22 heavy (non-hydrogen) atoms. The SMILES string of the molecule is OC(c1ccccc1)[C@]1(N2CCCCC2)CC[C@H]2CO[C@@H]1O2. The van der Waals surface area contributed by atoms with E-state index in [1.165, 1.54) is 19.3 Å². The van der Waals surface area contributed by atoms with Crippen LogP contribution in [0.1, 0.15) is 43.8 Å². The Morgan fingerprint density at radius 3 is 2.68 bits per heavy atom. The number of aliphatic hydroxyl groups is 1. The molecule has 1 N–H and O–H groups in total. The zero-order valence-corrected chi connectivity index (χ0v) is 13.0. The maximum atomic E-state index is 11.3. The van der Waals surface area contributed by atoms with E-state index >= 15 is 0 Å². The molecule has 0 saturated carbocycles. The van der Waals surface area contributed by atoms with E-state index in [-0.39, 0.29) is 12.4 Å². The highest BCUT2D eigenvalue weighted by atomic mass is 16.7. The number of nitrogens with zero attached hydrogens (tertiary/aromatic N) is 1. The van der Waals surface area contributed by atoms with Gasteiger partial charge in [-0.15, -0.1) is 0 Å². The van der Waals surface area contributed by atoms with Gasteiger partial charge in [0.15, 0.2) is 6.29 Å². The molecule has 3 saturated heterocycles. The Kier molecular flexibility index (Phi) is 3.95. The van der Waals surface area contributed by atoms with Gasteiger partial charge in [-0.1, -0.05) is 36.8 Å². The van der Waals surface area contributed by atoms with Crippen molar-refractivity contribution in [1.82, 2.24) is 4.90 Å². The van der Waals surface area contributed by atoms with Crippen LogP contribution in [0.3, 0.4) is 0 Å². The second kappa shape index (κ2) is 5.93. The van der Waals surface area contributed by atoms with Crippen molar-refractivity contribution in [2.24, 2.45) is 0 Å². The molecule has 3 fully saturated rings. The second-order valence-electron chi connectivity index (χ2n) is 6.81. The number of rotatable bonds is 3. The number of fused-ring (bicyclic) bond motifs is 2. The number of ether oxygens (including phenoxy) is 2. The summed E-state index contributed by atoms with van der Waals surface area (Å²) in [6, 6.07) is 9.99. The van der Waals surface area contributed by atoms with Gasteiger partial charge in [0.25, 0.3) is 0 Å². The summed E-state index contributed by atoms with van der Waals surface area (Å²) in [5.74, 6) is 0. The third-order valence-electron chi connectivity index (χ3n) is 5.56. The summed E-state index contributed by atoms with van der Waals surface area (Å²) < 4.78 is 12.1. The Morgan fingerprint density at radius 2 is 1.91 bits per heavy atom. The van der Waals surface area contributed by atoms with Crippen LogP contribution in [0, 0.1) is 0 Å². The van der Waals surface area contributed by atoms with Gasteiger partial charge in [-0.2, -0.15) is 0 Å². The molecule has 0 spiro atoms. The first-order valence-corrected chi connectivity index (χ1v) is 8.56. The summed E-state index contributed by atoms with van der Waals surface area (Å²) in [4.78, 5) is 2.44. The number of hydrogen-bond donors (Lipinski definition) is 1. The highest BCUT2D eigenvalue weighted by Gasteiger charge is 2.57. The van der Waals surface area contributed by atoms with Crippen molar-refractivity contribution >= 4 is 0 Å². The Bertz CT molecular complexity index is 502. The molecule has 3 aliphatic rings. The fourth-order valence-corrected chi connectivity index (χ4v) is 4.35. The van der Waals surface area contributed by atoms with E-state index in [1.807, 2.05) is 30.3 Å². The molecule has 2 bridgehead atoms. The minimum atomic E-state index is -0.573. The van der Waals surface area contributed by atoms with Crippen LogP contribution < -0.4 is 0 Å². The van der Waals surface area contributed by atoms with Gasteiger partial charge in [0.1, 0.15) is 11.6 Å². The van der Waals surface area contributed by atoms with Crippen LogP contribution >= 0.6 is 0 Å². The van der Waals surface area contributed by atoms with Crippen LogP contribution in [-0.4, -0.2) is 47.6 Å². The van der Waals surface area contributed by atoms with Crippen LogP contribution in [0.2, 0.25) is 0 Å². The molecule has 4 atom stereocenters. The molecular weight excluding hydrogens is 278 g/mol. The van der Waals surface area contributed by atoms with Gasteiger partial charge in [0, 0.05) is 0 Å². The summed E-state index contributed by atoms with van der Waals surface area (Å²) in [7, 11) is 0. The third kappa shape index (κ3) is 2.29. The molecule has 0 aromatic heterocycles. The summed E-state index contributed by atoms with van der Waals surface area (Å²) in [6.45, 7) is 2.72. The monoisotopic (exact) mass is 303 g/mol. The Labute approximate surface area is 132 Å². The maximum Gasteiger partial charge on any atom is 0.179 e. The zero-order valence-electron chi connectivity index (χ0n) is 13.0. The van der Waals surface area contributed by atoms with E-state index in [0.29, 0.717) is 6.61 Å². The quantitative estimate of drug-likeness (QED) is 0.931. The first-order chi connectivity index (χ1) is 10.8. The van der Waals surface area contributed by atoms with Gasteiger partial charge in [0.2, 0.25) is 0 Å². The van der Waals surface area contributed by atoms with Crippen molar-refractivity contribution in [2.75, 3.05) is 19.7 Å². The van der Waals surface area contributed by atoms with Gasteiger partial charge in [0.05, 0.1) is 12.7 Å². The molecule has 1 unspecified atom stereocenters. The van der Waals surface area contributed by atoms with Crippen LogP contribution in [0.25, 0.3) is 0 Å². The van der Waals surface area contributed by atoms with E-state index in [1.54, 1.807) is 0 Å². The number of aliphatic hydroxyl groups excluding tert-OH is 1. The number of hydrogen-bond acceptors (Lipinski definition) is 4. The largest absolute Gasteiger partial charge is 0.386 e. The molecule has 0 amide bonds. The average Bonchev–Trinajstić information content (AvgIpc) is 3.00. The lowest BCUT2D eigenvalue weighted by Crippen LogP contribution is -2.63. The molecule has 1 aromatic carbocycles. The van der Waals surface area contributed by atoms with Gasteiger partial charge in [-0.25, -0.2) is 0 Å². The van der Waals surface area contributed by atoms with Crippen molar-refractivity contribution in [3.8, 4) is 0 Å². The second-order valence-corrected chi connectivity index (χ2v) is 6.81. The number of piperidine rings is 1. The molecular formula is C18H25NO3. The highest BCUT2D eigenvalue weighted by molar-refractivity contribution is 5.23. The molecule has 3 heterocycles. The van der Waals surface area contributed by atoms with E-state index in [2.05, 4.69) is 4.90 Å². The fourth-order valence-electron chi connectivity index (χ4n) is 4.35. The Hall–Kier alpha value is -0.940. The lowest BCUT2D eigenvalue weighted by atomic mass is 9.78. The van der Waals surface area contributed by atoms with E-state index in [9.17, 15) is 5.11 Å². The molecule has 4 nitrogen and oxygen atoms in total. The number of likely N-dealkylation sites (tertiary alicyclic amines) is 1. The lowest BCUT2D eigenvalue weighted by Gasteiger charge is -2.52. The van der Waals surface area contributed by atoms with Crippen molar-refractivity contribution in [3.63, 3.8) is 0 Å². The summed E-state index contributed by atoms with van der Waals surface area (Å²) in [5.41, 5.74) is 0.528. The molecule has 4 heteroatoms. The third-order valence-corrected chi connectivity index (χ3v) is 5.56. The smallest absolute Gasteiger partial charge is 0.179 e. The first-order valence-electron chi connectivity index (χ1n) is 8.56. The summed E-state index contributed by atoms with van der Waals surface area (Å²) in [5, 5.41) is 11.3. The normalized spacial score (nSPS) is 37.1. The molecule has 1 aromatic rings. The van der Waals surface area contributed by atoms with Gasteiger partial charge < -0.3 is 14.6 Å². The van der Waals surface area contributed by atoms with Crippen LogP contribution in [-0.2, 0) is 9.47 Å². The van der Waals surface area contributed by atoms with Gasteiger partial charge in [-0.05, 0) is 44.3 Å². The van der Waals surface area contributed by atoms with E-state index in [0.717, 1.165) is 31.5 Å². The highest BCUT2D eigenvalue weighted by Crippen LogP contribution is 2.47. The topological polar surface area (TPSA) is 41.9 Å². The van der Waals surface area contributed by atoms with E-state index < -0.39 is 11.6 Å². The predicted octanol–water partition coefficient (Wildman–Crippen LogP) is 2.48. The molecule has 0 aliphatic carbocycles. The minimum Gasteiger partial charge on any atom is -0.386 e. The Balaban J connectivity index is 1.71. The van der Waals surface area contributed by atoms with Gasteiger partial charge >= 0.3 is 0 Å². The van der Waals surface area contributed by atoms with Gasteiger partial charge in [-0.3, -0.25) is 4.90 Å². The Morgan fingerprint density at radius 1 is 1.14 bits per heavy atom. The summed E-state index contributed by atoms with van der Waals surface area (Å²) >= 11 is 0. The van der Waals surface area contributed by atoms with Crippen molar-refractivity contribution < 1.29 is 14.6 Å². The van der Waals surface area contributed by atoms with Crippen molar-refractivity contribution in [3.05, 3.63) is 35.9 Å². The molecule has 0 radical (unpaired) electrons. The first kappa shape index (κ1) is 14.6. The molecule has 4 rings (SSSR count).